The van der Waals surface area contributed by atoms with Crippen LogP contribution in [0.3, 0.4) is 0 Å². The van der Waals surface area contributed by atoms with Crippen molar-refractivity contribution in [1.82, 2.24) is 0 Å². The van der Waals surface area contributed by atoms with Gasteiger partial charge in [0.15, 0.2) is 0 Å². The van der Waals surface area contributed by atoms with Gasteiger partial charge in [-0.1, -0.05) is 6.07 Å². The topological polar surface area (TPSA) is 80.1 Å². The first-order valence-electron chi connectivity index (χ1n) is 8.08. The number of ether oxygens (including phenoxy) is 1. The Hall–Kier alpha value is -2.26. The van der Waals surface area contributed by atoms with E-state index in [0.717, 1.165) is 17.5 Å². The smallest absolute Gasteiger partial charge is 0.494 e. The van der Waals surface area contributed by atoms with E-state index in [2.05, 4.69) is 6.07 Å². The lowest BCUT2D eigenvalue weighted by atomic mass is 10.1. The zero-order valence-electron chi connectivity index (χ0n) is 15.1. The second kappa shape index (κ2) is 9.44. The summed E-state index contributed by atoms with van der Waals surface area (Å²) in [6, 6.07) is 15.6. The van der Waals surface area contributed by atoms with Crippen LogP contribution in [0.2, 0.25) is 6.04 Å². The van der Waals surface area contributed by atoms with Crippen molar-refractivity contribution in [1.29, 1.82) is 0 Å². The average molecular weight is 376 g/mol. The number of benzene rings is 2. The van der Waals surface area contributed by atoms with E-state index in [-0.39, 0.29) is 5.69 Å². The van der Waals surface area contributed by atoms with Crippen LogP contribution in [0.5, 0.6) is 5.75 Å². The molecule has 26 heavy (non-hydrogen) atoms. The summed E-state index contributed by atoms with van der Waals surface area (Å²) in [5.74, 6) is 0.705. The summed E-state index contributed by atoms with van der Waals surface area (Å²) in [5.41, 5.74) is 1.71. The molecule has 139 valence electrons. The third-order valence-corrected chi connectivity index (χ3v) is 6.82. The molecule has 0 N–H and O–H groups in total. The highest BCUT2D eigenvalue weighted by atomic mass is 28.4. The van der Waals surface area contributed by atoms with Gasteiger partial charge < -0.3 is 18.0 Å². The predicted octanol–water partition coefficient (Wildman–Crippen LogP) is 3.71. The van der Waals surface area contributed by atoms with Gasteiger partial charge in [0, 0.05) is 39.5 Å². The normalized spacial score (nSPS) is 11.3. The van der Waals surface area contributed by atoms with Gasteiger partial charge in [0.05, 0.1) is 11.5 Å². The Morgan fingerprint density at radius 2 is 1.73 bits per heavy atom. The highest BCUT2D eigenvalue weighted by molar-refractivity contribution is 6.60. The summed E-state index contributed by atoms with van der Waals surface area (Å²) < 4.78 is 21.9. The van der Waals surface area contributed by atoms with E-state index in [0.29, 0.717) is 18.4 Å². The molecule has 0 saturated heterocycles. The molecular formula is C18H22NO6Si. The number of nitro groups is 1. The zero-order chi connectivity index (χ0) is 19.0. The summed E-state index contributed by atoms with van der Waals surface area (Å²) in [7, 11) is 2.19. The van der Waals surface area contributed by atoms with Gasteiger partial charge in [0.25, 0.3) is 5.69 Å². The second-order valence-electron chi connectivity index (χ2n) is 5.49. The Balaban J connectivity index is 1.96. The first kappa shape index (κ1) is 20.1. The monoisotopic (exact) mass is 376 g/mol. The van der Waals surface area contributed by atoms with Gasteiger partial charge in [0.2, 0.25) is 0 Å². The van der Waals surface area contributed by atoms with Gasteiger partial charge in [0.1, 0.15) is 5.75 Å². The largest absolute Gasteiger partial charge is 0.500 e. The molecule has 0 unspecified atom stereocenters. The molecule has 2 aromatic carbocycles. The van der Waals surface area contributed by atoms with Crippen LogP contribution < -0.4 is 4.74 Å². The van der Waals surface area contributed by atoms with Crippen LogP contribution >= 0.6 is 0 Å². The van der Waals surface area contributed by atoms with E-state index in [1.165, 1.54) is 12.1 Å². The fraction of sp³-hybridized carbons (Fsp3) is 0.333. The van der Waals surface area contributed by atoms with Crippen molar-refractivity contribution in [2.45, 2.75) is 12.5 Å². The third kappa shape index (κ3) is 5.12. The quantitative estimate of drug-likeness (QED) is 0.272. The number of hydrogen-bond donors (Lipinski definition) is 0. The van der Waals surface area contributed by atoms with E-state index in [1.54, 1.807) is 39.5 Å². The minimum absolute atomic E-state index is 0.0585. The molecule has 0 amide bonds. The van der Waals surface area contributed by atoms with Crippen molar-refractivity contribution in [2.24, 2.45) is 0 Å². The number of non-ortho nitro benzene ring substituents is 1. The molecule has 2 rings (SSSR count). The molecule has 1 radical (unpaired) electrons. The molecular weight excluding hydrogens is 354 g/mol. The average Bonchev–Trinajstić information content (AvgIpc) is 2.69. The Morgan fingerprint density at radius 1 is 1.08 bits per heavy atom. The standard InChI is InChI=1S/C18H22NO6Si/c1-22-26(23-2,24-3)13-5-12-25-18-7-4-6-16(14-18)15-8-10-17(11-9-15)19(20)21/h4,7-11,14H,5,12-13H2,1-3H3. The number of nitrogens with zero attached hydrogens (tertiary/aromatic N) is 1. The summed E-state index contributed by atoms with van der Waals surface area (Å²) in [4.78, 5) is 10.3. The molecule has 7 nitrogen and oxygen atoms in total. The fourth-order valence-electron chi connectivity index (χ4n) is 2.50. The highest BCUT2D eigenvalue weighted by Gasteiger charge is 2.36. The van der Waals surface area contributed by atoms with Crippen LogP contribution in [0.4, 0.5) is 5.69 Å². The molecule has 0 aromatic heterocycles. The second-order valence-corrected chi connectivity index (χ2v) is 8.58. The number of rotatable bonds is 10. The van der Waals surface area contributed by atoms with E-state index in [1.807, 2.05) is 12.1 Å². The summed E-state index contributed by atoms with van der Waals surface area (Å²) >= 11 is 0. The molecule has 0 aliphatic carbocycles. The molecule has 8 heteroatoms. The molecule has 2 aromatic rings. The first-order chi connectivity index (χ1) is 12.5. The Bertz CT molecular complexity index is 710. The Morgan fingerprint density at radius 3 is 2.31 bits per heavy atom. The summed E-state index contributed by atoms with van der Waals surface area (Å²) in [6.07, 6.45) is 0.729. The van der Waals surface area contributed by atoms with Crippen molar-refractivity contribution in [3.05, 3.63) is 58.6 Å². The lowest BCUT2D eigenvalue weighted by Crippen LogP contribution is -2.42. The maximum absolute atomic E-state index is 10.7. The lowest BCUT2D eigenvalue weighted by Gasteiger charge is -2.24. The molecule has 0 fully saturated rings. The van der Waals surface area contributed by atoms with E-state index in [4.69, 9.17) is 18.0 Å². The van der Waals surface area contributed by atoms with E-state index in [9.17, 15) is 10.1 Å². The van der Waals surface area contributed by atoms with E-state index >= 15 is 0 Å². The van der Waals surface area contributed by atoms with Crippen molar-refractivity contribution in [3.63, 3.8) is 0 Å². The molecule has 0 aliphatic heterocycles. The highest BCUT2D eigenvalue weighted by Crippen LogP contribution is 2.25. The Kier molecular flexibility index (Phi) is 7.28. The molecule has 0 bridgehead atoms. The van der Waals surface area contributed by atoms with Gasteiger partial charge in [-0.25, -0.2) is 0 Å². The van der Waals surface area contributed by atoms with Crippen molar-refractivity contribution >= 4 is 14.5 Å². The minimum Gasteiger partial charge on any atom is -0.494 e. The van der Waals surface area contributed by atoms with Crippen molar-refractivity contribution in [2.75, 3.05) is 27.9 Å². The van der Waals surface area contributed by atoms with Gasteiger partial charge in [-0.2, -0.15) is 0 Å². The third-order valence-electron chi connectivity index (χ3n) is 3.99. The van der Waals surface area contributed by atoms with Crippen LogP contribution in [0.25, 0.3) is 11.1 Å². The van der Waals surface area contributed by atoms with Crippen LogP contribution in [0, 0.1) is 16.2 Å². The van der Waals surface area contributed by atoms with Gasteiger partial charge in [-0.05, 0) is 47.9 Å². The van der Waals surface area contributed by atoms with Crippen LogP contribution in [-0.2, 0) is 13.3 Å². The van der Waals surface area contributed by atoms with Gasteiger partial charge in [-0.3, -0.25) is 10.1 Å². The van der Waals surface area contributed by atoms with Gasteiger partial charge in [-0.15, -0.1) is 0 Å². The zero-order valence-corrected chi connectivity index (χ0v) is 16.1. The van der Waals surface area contributed by atoms with Crippen LogP contribution in [-0.4, -0.2) is 41.7 Å². The molecule has 0 spiro atoms. The molecule has 0 saturated carbocycles. The Labute approximate surface area is 154 Å². The minimum atomic E-state index is -2.58. The van der Waals surface area contributed by atoms with Crippen molar-refractivity contribution in [3.8, 4) is 16.9 Å². The molecule has 0 aliphatic rings. The number of hydrogen-bond acceptors (Lipinski definition) is 6. The van der Waals surface area contributed by atoms with Gasteiger partial charge >= 0.3 is 8.80 Å². The SMILES string of the molecule is CO[Si](CCCOc1cc[c]c(-c2ccc([N+](=O)[O-])cc2)c1)(OC)OC. The maximum Gasteiger partial charge on any atom is 0.500 e. The number of nitro benzene ring substituents is 1. The summed E-state index contributed by atoms with van der Waals surface area (Å²) in [6.45, 7) is 0.495. The fourth-order valence-corrected chi connectivity index (χ4v) is 4.19. The van der Waals surface area contributed by atoms with Crippen molar-refractivity contribution < 1.29 is 22.9 Å². The maximum atomic E-state index is 10.7. The predicted molar refractivity (Wildman–Crippen MR) is 99.1 cm³/mol. The van der Waals surface area contributed by atoms with Crippen LogP contribution in [0.1, 0.15) is 6.42 Å². The summed E-state index contributed by atoms with van der Waals surface area (Å²) in [5, 5.41) is 10.7. The molecule has 0 heterocycles. The van der Waals surface area contributed by atoms with Crippen LogP contribution in [0.15, 0.2) is 42.5 Å². The lowest BCUT2D eigenvalue weighted by molar-refractivity contribution is -0.384. The molecule has 0 atom stereocenters. The van der Waals surface area contributed by atoms with E-state index < -0.39 is 13.7 Å². The first-order valence-corrected chi connectivity index (χ1v) is 10.0.